The summed E-state index contributed by atoms with van der Waals surface area (Å²) in [4.78, 5) is 9.30. The van der Waals surface area contributed by atoms with E-state index in [1.807, 2.05) is 54.6 Å². The molecule has 2 aromatic heterocycles. The number of ether oxygens (including phenoxy) is 4. The zero-order chi connectivity index (χ0) is 24.6. The van der Waals surface area contributed by atoms with Gasteiger partial charge in [-0.3, -0.25) is 0 Å². The lowest BCUT2D eigenvalue weighted by molar-refractivity contribution is 0.296. The number of hydrogen-bond donors (Lipinski definition) is 1. The fourth-order valence-electron chi connectivity index (χ4n) is 4.45. The van der Waals surface area contributed by atoms with Crippen LogP contribution in [0.4, 0.5) is 0 Å². The summed E-state index contributed by atoms with van der Waals surface area (Å²) in [7, 11) is 3.20. The van der Waals surface area contributed by atoms with E-state index in [1.165, 1.54) is 0 Å². The number of phenols is 1. The van der Waals surface area contributed by atoms with E-state index in [2.05, 4.69) is 10.1 Å². The third-order valence-corrected chi connectivity index (χ3v) is 6.09. The lowest BCUT2D eigenvalue weighted by Crippen LogP contribution is -2.15. The predicted molar refractivity (Wildman–Crippen MR) is 130 cm³/mol. The van der Waals surface area contributed by atoms with Crippen molar-refractivity contribution in [1.29, 1.82) is 0 Å². The first-order valence-corrected chi connectivity index (χ1v) is 11.3. The Morgan fingerprint density at radius 2 is 1.81 bits per heavy atom. The summed E-state index contributed by atoms with van der Waals surface area (Å²) in [5.74, 6) is 3.17. The van der Waals surface area contributed by atoms with Crippen molar-refractivity contribution in [3.8, 4) is 34.6 Å². The number of para-hydroxylation sites is 1. The van der Waals surface area contributed by atoms with E-state index in [-0.39, 0.29) is 18.3 Å². The zero-order valence-electron chi connectivity index (χ0n) is 19.6. The molecule has 0 saturated carbocycles. The van der Waals surface area contributed by atoms with Crippen LogP contribution in [0, 0.1) is 0 Å². The number of phenolic OH excluding ortho intramolecular Hbond substituents is 1. The average Bonchev–Trinajstić information content (AvgIpc) is 3.34. The first kappa shape index (κ1) is 21.7. The molecule has 9 heteroatoms. The van der Waals surface area contributed by atoms with Gasteiger partial charge in [0, 0.05) is 17.5 Å². The Bertz CT molecular complexity index is 1570. The quantitative estimate of drug-likeness (QED) is 0.364. The highest BCUT2D eigenvalue weighted by atomic mass is 16.5. The normalized spacial score (nSPS) is 14.0. The molecule has 36 heavy (non-hydrogen) atoms. The van der Waals surface area contributed by atoms with Crippen LogP contribution < -0.4 is 18.9 Å². The van der Waals surface area contributed by atoms with Gasteiger partial charge in [0.1, 0.15) is 30.2 Å². The van der Waals surface area contributed by atoms with Crippen LogP contribution in [-0.4, -0.2) is 38.9 Å². The number of fused-ring (bicyclic) bond motifs is 4. The molecule has 0 aliphatic carbocycles. The molecule has 0 bridgehead atoms. The van der Waals surface area contributed by atoms with Gasteiger partial charge in [0.25, 0.3) is 0 Å². The van der Waals surface area contributed by atoms with E-state index < -0.39 is 0 Å². The lowest BCUT2D eigenvalue weighted by atomic mass is 9.83. The molecule has 3 aromatic carbocycles. The van der Waals surface area contributed by atoms with Gasteiger partial charge in [-0.1, -0.05) is 30.3 Å². The molecule has 3 heterocycles. The van der Waals surface area contributed by atoms with Crippen molar-refractivity contribution < 1.29 is 24.1 Å². The van der Waals surface area contributed by atoms with E-state index in [1.54, 1.807) is 37.2 Å². The number of hydrogen-bond acceptors (Lipinski definition) is 8. The second kappa shape index (κ2) is 8.77. The number of aromatic hydroxyl groups is 1. The molecule has 1 N–H and O–H groups in total. The minimum atomic E-state index is -0.313. The van der Waals surface area contributed by atoms with Gasteiger partial charge in [-0.15, -0.1) is 5.10 Å². The van der Waals surface area contributed by atoms with Crippen molar-refractivity contribution >= 4 is 5.65 Å². The molecular formula is C27H22N4O5. The van der Waals surface area contributed by atoms with Crippen LogP contribution in [0.1, 0.15) is 28.4 Å². The molecule has 9 nitrogen and oxygen atoms in total. The molecule has 0 unspecified atom stereocenters. The molecule has 0 amide bonds. The number of methoxy groups -OCH3 is 2. The SMILES string of the molecule is COc1ccc([C@H]2c3ccc(O)cc3Oc3ncn4nc(COc5ccccc5)nc4c32)cc1OC. The Morgan fingerprint density at radius 3 is 2.61 bits per heavy atom. The van der Waals surface area contributed by atoms with E-state index >= 15 is 0 Å². The molecule has 5 aromatic rings. The first-order chi connectivity index (χ1) is 17.6. The molecule has 180 valence electrons. The molecular weight excluding hydrogens is 460 g/mol. The van der Waals surface area contributed by atoms with Gasteiger partial charge in [0.05, 0.1) is 19.8 Å². The summed E-state index contributed by atoms with van der Waals surface area (Å²) in [5, 5.41) is 14.7. The minimum Gasteiger partial charge on any atom is -0.508 e. The average molecular weight is 482 g/mol. The maximum atomic E-state index is 10.1. The number of aromatic nitrogens is 4. The summed E-state index contributed by atoms with van der Waals surface area (Å²) in [5.41, 5.74) is 3.13. The van der Waals surface area contributed by atoms with Crippen LogP contribution >= 0.6 is 0 Å². The molecule has 1 atom stereocenters. The third kappa shape index (κ3) is 3.70. The van der Waals surface area contributed by atoms with Gasteiger partial charge in [0.2, 0.25) is 5.88 Å². The van der Waals surface area contributed by atoms with Crippen molar-refractivity contribution in [1.82, 2.24) is 19.6 Å². The summed E-state index contributed by atoms with van der Waals surface area (Å²) in [6.45, 7) is 0.201. The van der Waals surface area contributed by atoms with Crippen LogP contribution in [0.25, 0.3) is 5.65 Å². The molecule has 0 fully saturated rings. The zero-order valence-corrected chi connectivity index (χ0v) is 19.6. The molecule has 0 spiro atoms. The second-order valence-electron chi connectivity index (χ2n) is 8.23. The van der Waals surface area contributed by atoms with E-state index in [0.29, 0.717) is 34.6 Å². The highest BCUT2D eigenvalue weighted by Gasteiger charge is 2.34. The number of nitrogens with zero attached hydrogens (tertiary/aromatic N) is 4. The number of rotatable bonds is 6. The van der Waals surface area contributed by atoms with Gasteiger partial charge in [-0.2, -0.15) is 0 Å². The number of benzene rings is 3. The Labute approximate surface area is 206 Å². The summed E-state index contributed by atoms with van der Waals surface area (Å²) in [6.07, 6.45) is 1.56. The van der Waals surface area contributed by atoms with Crippen LogP contribution in [-0.2, 0) is 6.61 Å². The van der Waals surface area contributed by atoms with Crippen molar-refractivity contribution in [3.63, 3.8) is 0 Å². The van der Waals surface area contributed by atoms with Crippen molar-refractivity contribution in [2.75, 3.05) is 14.2 Å². The molecule has 6 rings (SSSR count). The Balaban J connectivity index is 1.49. The van der Waals surface area contributed by atoms with E-state index in [0.717, 1.165) is 22.4 Å². The van der Waals surface area contributed by atoms with Gasteiger partial charge in [-0.05, 0) is 35.9 Å². The van der Waals surface area contributed by atoms with Gasteiger partial charge >= 0.3 is 0 Å². The van der Waals surface area contributed by atoms with Crippen molar-refractivity contribution in [2.24, 2.45) is 0 Å². The van der Waals surface area contributed by atoms with Crippen LogP contribution in [0.2, 0.25) is 0 Å². The summed E-state index contributed by atoms with van der Waals surface area (Å²) >= 11 is 0. The summed E-state index contributed by atoms with van der Waals surface area (Å²) < 4.78 is 24.6. The Kier molecular flexibility index (Phi) is 5.29. The van der Waals surface area contributed by atoms with E-state index in [9.17, 15) is 5.11 Å². The monoisotopic (exact) mass is 482 g/mol. The standard InChI is InChI=1S/C27H22N4O5/c1-33-20-11-8-16(12-22(20)34-2)24-19-10-9-17(32)13-21(19)36-27-25(24)26-29-23(30-31(26)15-28-27)14-35-18-6-4-3-5-7-18/h3-13,15,24,32H,14H2,1-2H3/t24-/m0/s1. The largest absolute Gasteiger partial charge is 0.508 e. The predicted octanol–water partition coefficient (Wildman–Crippen LogP) is 4.71. The second-order valence-corrected chi connectivity index (χ2v) is 8.23. The van der Waals surface area contributed by atoms with Crippen molar-refractivity contribution in [3.05, 3.63) is 95.6 Å². The molecule has 0 radical (unpaired) electrons. The molecule has 0 saturated heterocycles. The van der Waals surface area contributed by atoms with Gasteiger partial charge < -0.3 is 24.1 Å². The first-order valence-electron chi connectivity index (χ1n) is 11.3. The topological polar surface area (TPSA) is 100 Å². The highest BCUT2D eigenvalue weighted by Crippen LogP contribution is 2.49. The smallest absolute Gasteiger partial charge is 0.228 e. The molecule has 1 aliphatic heterocycles. The summed E-state index contributed by atoms with van der Waals surface area (Å²) in [6, 6.07) is 20.3. The van der Waals surface area contributed by atoms with E-state index in [4.69, 9.17) is 23.9 Å². The molecule has 1 aliphatic rings. The fourth-order valence-corrected chi connectivity index (χ4v) is 4.45. The fraction of sp³-hybridized carbons (Fsp3) is 0.148. The lowest BCUT2D eigenvalue weighted by Gasteiger charge is -2.28. The van der Waals surface area contributed by atoms with Crippen molar-refractivity contribution in [2.45, 2.75) is 12.5 Å². The van der Waals surface area contributed by atoms with Gasteiger partial charge in [-0.25, -0.2) is 14.5 Å². The van der Waals surface area contributed by atoms with Crippen LogP contribution in [0.3, 0.4) is 0 Å². The van der Waals surface area contributed by atoms with Crippen LogP contribution in [0.15, 0.2) is 73.1 Å². The maximum absolute atomic E-state index is 10.1. The minimum absolute atomic E-state index is 0.104. The van der Waals surface area contributed by atoms with Gasteiger partial charge in [0.15, 0.2) is 23.0 Å². The Hall–Kier alpha value is -4.79. The highest BCUT2D eigenvalue weighted by molar-refractivity contribution is 5.67. The maximum Gasteiger partial charge on any atom is 0.228 e. The third-order valence-electron chi connectivity index (χ3n) is 6.09. The van der Waals surface area contributed by atoms with Crippen LogP contribution in [0.5, 0.6) is 34.6 Å². The Morgan fingerprint density at radius 1 is 0.972 bits per heavy atom.